The summed E-state index contributed by atoms with van der Waals surface area (Å²) in [5.41, 5.74) is 6.97. The summed E-state index contributed by atoms with van der Waals surface area (Å²) in [6.07, 6.45) is 1.65. The first-order chi connectivity index (χ1) is 12.6. The van der Waals surface area contributed by atoms with Gasteiger partial charge in [-0.3, -0.25) is 19.5 Å². The fourth-order valence-corrected chi connectivity index (χ4v) is 4.41. The van der Waals surface area contributed by atoms with Gasteiger partial charge in [0.1, 0.15) is 5.69 Å². The van der Waals surface area contributed by atoms with Crippen molar-refractivity contribution in [2.24, 2.45) is 17.6 Å². The molecule has 3 heterocycles. The molecule has 2 aliphatic rings. The average molecular weight is 350 g/mol. The summed E-state index contributed by atoms with van der Waals surface area (Å²) >= 11 is 0. The van der Waals surface area contributed by atoms with E-state index in [0.29, 0.717) is 24.1 Å². The van der Waals surface area contributed by atoms with Crippen LogP contribution in [-0.2, 0) is 4.79 Å². The molecule has 0 spiro atoms. The molecule has 6 heteroatoms. The minimum Gasteiger partial charge on any atom is -0.369 e. The highest BCUT2D eigenvalue weighted by Crippen LogP contribution is 2.45. The Kier molecular flexibility index (Phi) is 4.42. The molecular formula is C20H22N4O2. The number of primary amides is 1. The van der Waals surface area contributed by atoms with E-state index in [2.05, 4.69) is 22.0 Å². The Hall–Kier alpha value is -2.73. The smallest absolute Gasteiger partial charge is 0.272 e. The van der Waals surface area contributed by atoms with Gasteiger partial charge in [0.2, 0.25) is 5.91 Å². The lowest BCUT2D eigenvalue weighted by Gasteiger charge is -2.29. The van der Waals surface area contributed by atoms with E-state index in [1.807, 2.05) is 35.2 Å². The second kappa shape index (κ2) is 6.88. The molecule has 6 nitrogen and oxygen atoms in total. The minimum atomic E-state index is -0.303. The molecule has 2 aromatic rings. The lowest BCUT2D eigenvalue weighted by Crippen LogP contribution is -2.38. The predicted octanol–water partition coefficient (Wildman–Crippen LogP) is 1.31. The molecule has 0 unspecified atom stereocenters. The number of aromatic nitrogens is 1. The lowest BCUT2D eigenvalue weighted by molar-refractivity contribution is -0.119. The van der Waals surface area contributed by atoms with Crippen molar-refractivity contribution >= 4 is 11.8 Å². The number of hydrogen-bond acceptors (Lipinski definition) is 4. The molecule has 1 aromatic carbocycles. The third-order valence-electron chi connectivity index (χ3n) is 5.41. The van der Waals surface area contributed by atoms with Crippen molar-refractivity contribution in [2.45, 2.75) is 6.04 Å². The van der Waals surface area contributed by atoms with Crippen LogP contribution in [0.5, 0.6) is 0 Å². The van der Waals surface area contributed by atoms with Gasteiger partial charge in [0.15, 0.2) is 0 Å². The fraction of sp³-hybridized carbons (Fsp3) is 0.350. The van der Waals surface area contributed by atoms with E-state index in [0.717, 1.165) is 18.7 Å². The average Bonchev–Trinajstić information content (AvgIpc) is 3.19. The molecule has 0 bridgehead atoms. The Bertz CT molecular complexity index is 796. The maximum absolute atomic E-state index is 13.1. The normalized spacial score (nSPS) is 25.2. The number of carbonyl (C=O) groups excluding carboxylic acids is 2. The number of nitrogens with two attached hydrogens (primary N) is 1. The molecule has 134 valence electrons. The van der Waals surface area contributed by atoms with E-state index in [9.17, 15) is 9.59 Å². The quantitative estimate of drug-likeness (QED) is 0.902. The summed E-state index contributed by atoms with van der Waals surface area (Å²) in [4.78, 5) is 32.7. The van der Waals surface area contributed by atoms with Gasteiger partial charge in [-0.05, 0) is 23.6 Å². The molecule has 0 saturated carbocycles. The summed E-state index contributed by atoms with van der Waals surface area (Å²) < 4.78 is 0. The largest absolute Gasteiger partial charge is 0.369 e. The van der Waals surface area contributed by atoms with Gasteiger partial charge in [0.25, 0.3) is 5.91 Å². The number of hydrogen-bond donors (Lipinski definition) is 1. The van der Waals surface area contributed by atoms with Crippen LogP contribution < -0.4 is 5.73 Å². The third kappa shape index (κ3) is 3.08. The number of rotatable bonds is 4. The topological polar surface area (TPSA) is 79.5 Å². The number of carbonyl (C=O) groups is 2. The van der Waals surface area contributed by atoms with Crippen LogP contribution in [0.4, 0.5) is 0 Å². The van der Waals surface area contributed by atoms with Gasteiger partial charge in [-0.1, -0.05) is 36.4 Å². The number of likely N-dealkylation sites (tertiary alicyclic amines) is 2. The van der Waals surface area contributed by atoms with Crippen molar-refractivity contribution in [1.29, 1.82) is 0 Å². The van der Waals surface area contributed by atoms with Crippen LogP contribution >= 0.6 is 0 Å². The van der Waals surface area contributed by atoms with E-state index in [4.69, 9.17) is 5.73 Å². The van der Waals surface area contributed by atoms with Gasteiger partial charge < -0.3 is 10.6 Å². The second-order valence-corrected chi connectivity index (χ2v) is 7.11. The summed E-state index contributed by atoms with van der Waals surface area (Å²) in [5, 5.41) is 0. The van der Waals surface area contributed by atoms with Gasteiger partial charge in [-0.2, -0.15) is 0 Å². The van der Waals surface area contributed by atoms with Crippen LogP contribution in [0.2, 0.25) is 0 Å². The molecule has 3 atom stereocenters. The van der Waals surface area contributed by atoms with Crippen LogP contribution in [0.25, 0.3) is 0 Å². The minimum absolute atomic E-state index is 0.00594. The number of benzene rings is 1. The highest BCUT2D eigenvalue weighted by Gasteiger charge is 2.49. The first-order valence-electron chi connectivity index (χ1n) is 8.91. The lowest BCUT2D eigenvalue weighted by atomic mass is 9.89. The Morgan fingerprint density at radius 2 is 1.81 bits per heavy atom. The molecular weight excluding hydrogens is 328 g/mol. The molecule has 1 aromatic heterocycles. The first kappa shape index (κ1) is 16.7. The third-order valence-corrected chi connectivity index (χ3v) is 5.41. The van der Waals surface area contributed by atoms with Crippen molar-refractivity contribution in [1.82, 2.24) is 14.8 Å². The van der Waals surface area contributed by atoms with Gasteiger partial charge in [0, 0.05) is 31.7 Å². The zero-order valence-corrected chi connectivity index (χ0v) is 14.5. The Balaban J connectivity index is 1.63. The Morgan fingerprint density at radius 3 is 2.50 bits per heavy atom. The van der Waals surface area contributed by atoms with Crippen LogP contribution in [0.3, 0.4) is 0 Å². The van der Waals surface area contributed by atoms with Crippen molar-refractivity contribution < 1.29 is 9.59 Å². The number of amides is 2. The van der Waals surface area contributed by atoms with E-state index in [1.54, 1.807) is 12.3 Å². The highest BCUT2D eigenvalue weighted by atomic mass is 16.2. The van der Waals surface area contributed by atoms with Crippen LogP contribution in [-0.4, -0.2) is 52.8 Å². The Morgan fingerprint density at radius 1 is 1.04 bits per heavy atom. The summed E-state index contributed by atoms with van der Waals surface area (Å²) in [6.45, 7) is 2.53. The van der Waals surface area contributed by atoms with E-state index in [1.165, 1.54) is 0 Å². The van der Waals surface area contributed by atoms with E-state index in [-0.39, 0.29) is 24.4 Å². The van der Waals surface area contributed by atoms with Gasteiger partial charge >= 0.3 is 0 Å². The van der Waals surface area contributed by atoms with Crippen LogP contribution in [0.1, 0.15) is 22.1 Å². The zero-order chi connectivity index (χ0) is 18.1. The first-order valence-corrected chi connectivity index (χ1v) is 8.91. The van der Waals surface area contributed by atoms with E-state index < -0.39 is 0 Å². The standard InChI is InChI=1S/C20H22N4O2/c21-18(25)13-23-10-15-11-24(20(26)17-8-4-5-9-22-17)19(16(15)12-23)14-6-2-1-3-7-14/h1-9,15-16,19H,10-13H2,(H2,21,25)/t15-,16-,19+/m0/s1. The van der Waals surface area contributed by atoms with Crippen molar-refractivity contribution in [3.8, 4) is 0 Å². The fourth-order valence-electron chi connectivity index (χ4n) is 4.41. The predicted molar refractivity (Wildman–Crippen MR) is 97.1 cm³/mol. The molecule has 0 radical (unpaired) electrons. The summed E-state index contributed by atoms with van der Waals surface area (Å²) in [5.74, 6) is 0.301. The summed E-state index contributed by atoms with van der Waals surface area (Å²) in [6, 6.07) is 15.5. The monoisotopic (exact) mass is 350 g/mol. The number of nitrogens with zero attached hydrogens (tertiary/aromatic N) is 3. The van der Waals surface area contributed by atoms with E-state index >= 15 is 0 Å². The van der Waals surface area contributed by atoms with Crippen LogP contribution in [0.15, 0.2) is 54.7 Å². The number of fused-ring (bicyclic) bond motifs is 1. The molecule has 2 saturated heterocycles. The van der Waals surface area contributed by atoms with Crippen LogP contribution in [0, 0.1) is 11.8 Å². The highest BCUT2D eigenvalue weighted by molar-refractivity contribution is 5.92. The van der Waals surface area contributed by atoms with Gasteiger partial charge in [0.05, 0.1) is 12.6 Å². The zero-order valence-electron chi connectivity index (χ0n) is 14.5. The maximum Gasteiger partial charge on any atom is 0.272 e. The molecule has 2 fully saturated rings. The SMILES string of the molecule is NC(=O)CN1C[C@H]2CN(C(=O)c3ccccn3)[C@H](c3ccccc3)[C@H]2C1. The molecule has 26 heavy (non-hydrogen) atoms. The number of pyridine rings is 1. The van der Waals surface area contributed by atoms with Gasteiger partial charge in [-0.25, -0.2) is 0 Å². The van der Waals surface area contributed by atoms with Crippen molar-refractivity contribution in [3.05, 3.63) is 66.0 Å². The second-order valence-electron chi connectivity index (χ2n) is 7.11. The molecule has 2 N–H and O–H groups in total. The Labute approximate surface area is 152 Å². The summed E-state index contributed by atoms with van der Waals surface area (Å²) in [7, 11) is 0. The van der Waals surface area contributed by atoms with Crippen molar-refractivity contribution in [2.75, 3.05) is 26.2 Å². The maximum atomic E-state index is 13.1. The molecule has 0 aliphatic carbocycles. The molecule has 2 amide bonds. The molecule has 4 rings (SSSR count). The van der Waals surface area contributed by atoms with Crippen molar-refractivity contribution in [3.63, 3.8) is 0 Å². The van der Waals surface area contributed by atoms with Gasteiger partial charge in [-0.15, -0.1) is 0 Å². The molecule has 2 aliphatic heterocycles.